The van der Waals surface area contributed by atoms with Crippen LogP contribution in [0.25, 0.3) is 0 Å². The quantitative estimate of drug-likeness (QED) is 0.456. The van der Waals surface area contributed by atoms with E-state index in [-0.39, 0.29) is 5.97 Å². The molecule has 0 amide bonds. The van der Waals surface area contributed by atoms with Crippen LogP contribution in [-0.4, -0.2) is 18.3 Å². The highest BCUT2D eigenvalue weighted by Crippen LogP contribution is 2.31. The molecule has 1 unspecified atom stereocenters. The lowest BCUT2D eigenvalue weighted by Gasteiger charge is -2.22. The fraction of sp³-hybridized carbons (Fsp3) is 0.562. The molecule has 1 fully saturated rings. The molecule has 0 bridgehead atoms. The first kappa shape index (κ1) is 14.4. The van der Waals surface area contributed by atoms with E-state index in [9.17, 15) is 4.79 Å². The number of rotatable bonds is 5. The van der Waals surface area contributed by atoms with E-state index >= 15 is 0 Å². The second-order valence-electron chi connectivity index (χ2n) is 5.15. The maximum Gasteiger partial charge on any atom is 0.305 e. The Bertz CT molecular complexity index is 432. The third-order valence-electron chi connectivity index (χ3n) is 3.58. The molecule has 1 heterocycles. The van der Waals surface area contributed by atoms with Gasteiger partial charge in [-0.3, -0.25) is 4.79 Å². The van der Waals surface area contributed by atoms with Gasteiger partial charge in [0.1, 0.15) is 0 Å². The molecule has 2 nitrogen and oxygen atoms in total. The molecule has 104 valence electrons. The van der Waals surface area contributed by atoms with Gasteiger partial charge in [0.2, 0.25) is 0 Å². The molecule has 3 heteroatoms. The summed E-state index contributed by atoms with van der Waals surface area (Å²) in [5.41, 5.74) is 2.66. The van der Waals surface area contributed by atoms with Crippen LogP contribution < -0.4 is 0 Å². The van der Waals surface area contributed by atoms with Gasteiger partial charge < -0.3 is 4.74 Å². The van der Waals surface area contributed by atoms with Crippen molar-refractivity contribution in [2.75, 3.05) is 12.4 Å². The first-order valence-corrected chi connectivity index (χ1v) is 8.08. The van der Waals surface area contributed by atoms with Crippen LogP contribution >= 0.6 is 11.8 Å². The van der Waals surface area contributed by atoms with Gasteiger partial charge in [-0.25, -0.2) is 0 Å². The van der Waals surface area contributed by atoms with E-state index < -0.39 is 0 Å². The van der Waals surface area contributed by atoms with E-state index in [0.717, 1.165) is 6.42 Å². The SMILES string of the molecule is CCCCSc1cc(C2CCC(=O)OC2)ccc1C. The third kappa shape index (κ3) is 4.00. The van der Waals surface area contributed by atoms with Gasteiger partial charge in [-0.2, -0.15) is 0 Å². The van der Waals surface area contributed by atoms with Crippen molar-refractivity contribution in [3.8, 4) is 0 Å². The van der Waals surface area contributed by atoms with Crippen molar-refractivity contribution < 1.29 is 9.53 Å². The van der Waals surface area contributed by atoms with Gasteiger partial charge in [0.05, 0.1) is 6.61 Å². The van der Waals surface area contributed by atoms with Crippen LogP contribution in [0.5, 0.6) is 0 Å². The lowest BCUT2D eigenvalue weighted by Crippen LogP contribution is -2.20. The Labute approximate surface area is 119 Å². The number of unbranched alkanes of at least 4 members (excludes halogenated alkanes) is 1. The molecule has 19 heavy (non-hydrogen) atoms. The normalized spacial score (nSPS) is 19.3. The van der Waals surface area contributed by atoms with Crippen LogP contribution in [-0.2, 0) is 9.53 Å². The Morgan fingerprint density at radius 1 is 1.42 bits per heavy atom. The van der Waals surface area contributed by atoms with Crippen LogP contribution in [0.3, 0.4) is 0 Å². The fourth-order valence-electron chi connectivity index (χ4n) is 2.26. The van der Waals surface area contributed by atoms with Gasteiger partial charge >= 0.3 is 5.97 Å². The van der Waals surface area contributed by atoms with Crippen LogP contribution in [0.4, 0.5) is 0 Å². The Morgan fingerprint density at radius 2 is 2.26 bits per heavy atom. The Morgan fingerprint density at radius 3 is 2.95 bits per heavy atom. The molecule has 0 radical (unpaired) electrons. The topological polar surface area (TPSA) is 26.3 Å². The summed E-state index contributed by atoms with van der Waals surface area (Å²) in [6.45, 7) is 4.93. The number of carbonyl (C=O) groups excluding carboxylic acids is 1. The molecule has 1 aliphatic heterocycles. The predicted octanol–water partition coefficient (Wildman–Crippen LogP) is 4.31. The number of cyclic esters (lactones) is 1. The summed E-state index contributed by atoms with van der Waals surface area (Å²) in [5, 5.41) is 0. The minimum Gasteiger partial charge on any atom is -0.465 e. The second kappa shape index (κ2) is 6.99. The minimum absolute atomic E-state index is 0.0547. The van der Waals surface area contributed by atoms with Crippen molar-refractivity contribution in [3.05, 3.63) is 29.3 Å². The molecular weight excluding hydrogens is 256 g/mol. The van der Waals surface area contributed by atoms with E-state index in [1.165, 1.54) is 34.6 Å². The average molecular weight is 278 g/mol. The summed E-state index contributed by atoms with van der Waals surface area (Å²) in [5.74, 6) is 1.50. The number of carbonyl (C=O) groups is 1. The third-order valence-corrected chi connectivity index (χ3v) is 4.83. The first-order chi connectivity index (χ1) is 9.20. The zero-order chi connectivity index (χ0) is 13.7. The minimum atomic E-state index is -0.0547. The molecule has 1 aromatic rings. The zero-order valence-electron chi connectivity index (χ0n) is 11.8. The van der Waals surface area contributed by atoms with Crippen molar-refractivity contribution >= 4 is 17.7 Å². The lowest BCUT2D eigenvalue weighted by atomic mass is 9.93. The van der Waals surface area contributed by atoms with E-state index in [0.29, 0.717) is 18.9 Å². The summed E-state index contributed by atoms with van der Waals surface area (Å²) < 4.78 is 5.17. The molecular formula is C16H22O2S. The van der Waals surface area contributed by atoms with Crippen LogP contribution in [0, 0.1) is 6.92 Å². The summed E-state index contributed by atoms with van der Waals surface area (Å²) in [6, 6.07) is 6.67. The molecule has 0 saturated carbocycles. The van der Waals surface area contributed by atoms with Crippen molar-refractivity contribution in [1.29, 1.82) is 0 Å². The number of benzene rings is 1. The van der Waals surface area contributed by atoms with Crippen LogP contribution in [0.15, 0.2) is 23.1 Å². The molecule has 2 rings (SSSR count). The number of ether oxygens (including phenoxy) is 1. The zero-order valence-corrected chi connectivity index (χ0v) is 12.6. The summed E-state index contributed by atoms with van der Waals surface area (Å²) >= 11 is 1.94. The molecule has 1 aromatic carbocycles. The first-order valence-electron chi connectivity index (χ1n) is 7.09. The van der Waals surface area contributed by atoms with E-state index in [4.69, 9.17) is 4.74 Å². The second-order valence-corrected chi connectivity index (χ2v) is 6.28. The van der Waals surface area contributed by atoms with Gasteiger partial charge in [-0.1, -0.05) is 25.5 Å². The van der Waals surface area contributed by atoms with Crippen molar-refractivity contribution in [3.63, 3.8) is 0 Å². The smallest absolute Gasteiger partial charge is 0.305 e. The van der Waals surface area contributed by atoms with Crippen molar-refractivity contribution in [2.45, 2.75) is 50.3 Å². The van der Waals surface area contributed by atoms with Gasteiger partial charge in [-0.05, 0) is 42.7 Å². The van der Waals surface area contributed by atoms with Gasteiger partial charge in [0.15, 0.2) is 0 Å². The van der Waals surface area contributed by atoms with E-state index in [2.05, 4.69) is 32.0 Å². The molecule has 0 N–H and O–H groups in total. The van der Waals surface area contributed by atoms with E-state index in [1.807, 2.05) is 11.8 Å². The van der Waals surface area contributed by atoms with Crippen LogP contribution in [0.1, 0.15) is 49.7 Å². The van der Waals surface area contributed by atoms with Crippen molar-refractivity contribution in [1.82, 2.24) is 0 Å². The van der Waals surface area contributed by atoms with E-state index in [1.54, 1.807) is 0 Å². The highest BCUT2D eigenvalue weighted by atomic mass is 32.2. The predicted molar refractivity (Wildman–Crippen MR) is 79.7 cm³/mol. The molecule has 0 aromatic heterocycles. The largest absolute Gasteiger partial charge is 0.465 e. The number of hydrogen-bond acceptors (Lipinski definition) is 3. The molecule has 1 saturated heterocycles. The fourth-order valence-corrected chi connectivity index (χ4v) is 3.42. The number of thioether (sulfide) groups is 1. The Kier molecular flexibility index (Phi) is 5.32. The average Bonchev–Trinajstić information content (AvgIpc) is 2.42. The summed E-state index contributed by atoms with van der Waals surface area (Å²) in [7, 11) is 0. The van der Waals surface area contributed by atoms with Crippen molar-refractivity contribution in [2.24, 2.45) is 0 Å². The lowest BCUT2D eigenvalue weighted by molar-refractivity contribution is -0.147. The van der Waals surface area contributed by atoms with Gasteiger partial charge in [-0.15, -0.1) is 11.8 Å². The highest BCUT2D eigenvalue weighted by molar-refractivity contribution is 7.99. The molecule has 1 aliphatic rings. The standard InChI is InChI=1S/C16H22O2S/c1-3-4-9-19-15-10-13(6-5-12(15)2)14-7-8-16(17)18-11-14/h5-6,10,14H,3-4,7-9,11H2,1-2H3. The molecule has 0 spiro atoms. The Balaban J connectivity index is 2.05. The highest BCUT2D eigenvalue weighted by Gasteiger charge is 2.21. The maximum atomic E-state index is 11.1. The maximum absolute atomic E-state index is 11.1. The van der Waals surface area contributed by atoms with Gasteiger partial charge in [0.25, 0.3) is 0 Å². The molecule has 1 atom stereocenters. The number of esters is 1. The number of hydrogen-bond donors (Lipinski definition) is 0. The summed E-state index contributed by atoms with van der Waals surface area (Å²) in [6.07, 6.45) is 3.97. The monoisotopic (exact) mass is 278 g/mol. The van der Waals surface area contributed by atoms with Crippen LogP contribution in [0.2, 0.25) is 0 Å². The number of aryl methyl sites for hydroxylation is 1. The van der Waals surface area contributed by atoms with Gasteiger partial charge in [0, 0.05) is 17.2 Å². The summed E-state index contributed by atoms with van der Waals surface area (Å²) in [4.78, 5) is 12.5. The Hall–Kier alpha value is -0.960. The molecule has 0 aliphatic carbocycles.